The van der Waals surface area contributed by atoms with Gasteiger partial charge in [0, 0.05) is 0 Å². The van der Waals surface area contributed by atoms with Gasteiger partial charge in [-0.15, -0.1) is 0 Å². The Balaban J connectivity index is 1.84. The summed E-state index contributed by atoms with van der Waals surface area (Å²) in [7, 11) is 0. The van der Waals surface area contributed by atoms with Crippen molar-refractivity contribution in [2.45, 2.75) is 81.4 Å². The topological polar surface area (TPSA) is 29.5 Å². The second-order valence-corrected chi connectivity index (χ2v) is 8.92. The largest absolute Gasteiger partial charge is 0.347 e. The third kappa shape index (κ3) is 3.01. The molecule has 3 aliphatic rings. The molecule has 5 heteroatoms. The molecule has 0 unspecified atom stereocenters. The van der Waals surface area contributed by atoms with E-state index in [9.17, 15) is 4.79 Å². The third-order valence-electron chi connectivity index (χ3n) is 6.04. The Hall–Kier alpha value is 0.01000. The third-order valence-corrected chi connectivity index (χ3v) is 6.41. The van der Waals surface area contributed by atoms with Crippen molar-refractivity contribution >= 4 is 29.1 Å². The van der Waals surface area contributed by atoms with Gasteiger partial charge in [-0.3, -0.25) is 4.79 Å². The molecule has 1 amide bonds. The van der Waals surface area contributed by atoms with E-state index in [0.29, 0.717) is 12.5 Å². The number of rotatable bonds is 1. The van der Waals surface area contributed by atoms with E-state index in [2.05, 4.69) is 13.8 Å². The highest BCUT2D eigenvalue weighted by Gasteiger charge is 2.57. The summed E-state index contributed by atoms with van der Waals surface area (Å²) in [6, 6.07) is 0. The maximum Gasteiger partial charge on any atom is 0.258 e. The lowest BCUT2D eigenvalue weighted by molar-refractivity contribution is -0.180. The summed E-state index contributed by atoms with van der Waals surface area (Å²) in [5.74, 6) is 1.29. The molecular weight excluding hydrogens is 321 g/mol. The van der Waals surface area contributed by atoms with E-state index in [4.69, 9.17) is 27.9 Å². The molecule has 2 spiro atoms. The van der Waals surface area contributed by atoms with E-state index in [-0.39, 0.29) is 11.5 Å². The van der Waals surface area contributed by atoms with Crippen LogP contribution in [0.4, 0.5) is 0 Å². The van der Waals surface area contributed by atoms with Crippen molar-refractivity contribution in [2.24, 2.45) is 11.8 Å². The van der Waals surface area contributed by atoms with Crippen LogP contribution in [0.1, 0.15) is 65.2 Å². The summed E-state index contributed by atoms with van der Waals surface area (Å²) >= 11 is 11.8. The van der Waals surface area contributed by atoms with Crippen molar-refractivity contribution in [3.63, 3.8) is 0 Å². The first-order valence-electron chi connectivity index (χ1n) is 8.66. The molecule has 2 saturated carbocycles. The molecule has 0 radical (unpaired) electrons. The molecule has 0 atom stereocenters. The minimum absolute atomic E-state index is 0.161. The van der Waals surface area contributed by atoms with E-state index in [1.54, 1.807) is 0 Å². The molecule has 0 bridgehead atoms. The fourth-order valence-corrected chi connectivity index (χ4v) is 4.69. The lowest BCUT2D eigenvalue weighted by Crippen LogP contribution is -2.51. The van der Waals surface area contributed by atoms with E-state index in [1.165, 1.54) is 12.8 Å². The molecule has 126 valence electrons. The number of amides is 1. The minimum Gasteiger partial charge on any atom is -0.347 e. The summed E-state index contributed by atoms with van der Waals surface area (Å²) in [6.45, 7) is 5.25. The summed E-state index contributed by atoms with van der Waals surface area (Å²) < 4.78 is 6.69. The molecule has 3 nitrogen and oxygen atoms in total. The lowest BCUT2D eigenvalue weighted by Gasteiger charge is -2.43. The van der Waals surface area contributed by atoms with E-state index >= 15 is 0 Å². The van der Waals surface area contributed by atoms with Crippen LogP contribution in [0, 0.1) is 11.8 Å². The standard InChI is InChI=1S/C17H27Cl2NO2/c1-12-3-7-16(8-4-12)11-20(15(21)14(18)19)17(22-16)9-5-13(2)6-10-17/h12-14H,3-11H2,1-2H3. The molecule has 1 saturated heterocycles. The maximum atomic E-state index is 12.6. The highest BCUT2D eigenvalue weighted by Crippen LogP contribution is 2.50. The first-order valence-corrected chi connectivity index (χ1v) is 9.53. The first-order chi connectivity index (χ1) is 10.4. The zero-order chi connectivity index (χ0) is 16.0. The Morgan fingerprint density at radius 3 is 2.05 bits per heavy atom. The van der Waals surface area contributed by atoms with Gasteiger partial charge in [-0.2, -0.15) is 0 Å². The normalized spacial score (nSPS) is 42.5. The van der Waals surface area contributed by atoms with Gasteiger partial charge < -0.3 is 9.64 Å². The number of carbonyl (C=O) groups is 1. The van der Waals surface area contributed by atoms with Gasteiger partial charge in [0.15, 0.2) is 4.84 Å². The molecule has 3 fully saturated rings. The van der Waals surface area contributed by atoms with Crippen LogP contribution in [0.5, 0.6) is 0 Å². The van der Waals surface area contributed by atoms with Gasteiger partial charge in [0.2, 0.25) is 0 Å². The molecule has 2 aliphatic carbocycles. The second-order valence-electron chi connectivity index (χ2n) is 7.82. The van der Waals surface area contributed by atoms with Crippen molar-refractivity contribution in [2.75, 3.05) is 6.54 Å². The van der Waals surface area contributed by atoms with Crippen molar-refractivity contribution < 1.29 is 9.53 Å². The average molecular weight is 348 g/mol. The zero-order valence-corrected chi connectivity index (χ0v) is 15.1. The molecule has 0 aromatic carbocycles. The van der Waals surface area contributed by atoms with E-state index in [0.717, 1.165) is 44.4 Å². The first kappa shape index (κ1) is 16.9. The monoisotopic (exact) mass is 347 g/mol. The van der Waals surface area contributed by atoms with Crippen LogP contribution in [0.2, 0.25) is 0 Å². The van der Waals surface area contributed by atoms with Crippen molar-refractivity contribution in [3.05, 3.63) is 0 Å². The Morgan fingerprint density at radius 1 is 1.05 bits per heavy atom. The molecule has 22 heavy (non-hydrogen) atoms. The average Bonchev–Trinajstić information content (AvgIpc) is 2.80. The van der Waals surface area contributed by atoms with Crippen LogP contribution in [0.15, 0.2) is 0 Å². The van der Waals surface area contributed by atoms with E-state index < -0.39 is 10.6 Å². The number of ether oxygens (including phenoxy) is 1. The van der Waals surface area contributed by atoms with Crippen molar-refractivity contribution in [1.29, 1.82) is 0 Å². The number of carbonyl (C=O) groups excluding carboxylic acids is 1. The lowest BCUT2D eigenvalue weighted by atomic mass is 9.79. The van der Waals surface area contributed by atoms with Gasteiger partial charge >= 0.3 is 0 Å². The van der Waals surface area contributed by atoms with Gasteiger partial charge in [0.25, 0.3) is 5.91 Å². The highest BCUT2D eigenvalue weighted by atomic mass is 35.5. The van der Waals surface area contributed by atoms with Crippen LogP contribution in [-0.2, 0) is 9.53 Å². The predicted octanol–water partition coefficient (Wildman–Crippen LogP) is 4.50. The Labute approximate surface area is 143 Å². The molecule has 1 aliphatic heterocycles. The SMILES string of the molecule is CC1CCC2(CC1)CN(C(=O)C(Cl)Cl)C1(CCC(C)CC1)O2. The zero-order valence-electron chi connectivity index (χ0n) is 13.6. The summed E-state index contributed by atoms with van der Waals surface area (Å²) in [5, 5.41) is 0. The maximum absolute atomic E-state index is 12.6. The molecule has 3 rings (SSSR count). The number of nitrogens with zero attached hydrogens (tertiary/aromatic N) is 1. The van der Waals surface area contributed by atoms with Crippen LogP contribution in [0.3, 0.4) is 0 Å². The fourth-order valence-electron chi connectivity index (χ4n) is 4.45. The van der Waals surface area contributed by atoms with Gasteiger partial charge in [-0.25, -0.2) is 0 Å². The van der Waals surface area contributed by atoms with Gasteiger partial charge in [0.1, 0.15) is 5.72 Å². The molecule has 0 aromatic rings. The number of hydrogen-bond acceptors (Lipinski definition) is 2. The van der Waals surface area contributed by atoms with Crippen LogP contribution in [0.25, 0.3) is 0 Å². The molecule has 0 aromatic heterocycles. The van der Waals surface area contributed by atoms with Crippen molar-refractivity contribution in [1.82, 2.24) is 4.90 Å². The summed E-state index contributed by atoms with van der Waals surface area (Å²) in [4.78, 5) is 13.5. The number of hydrogen-bond donors (Lipinski definition) is 0. The number of halogens is 2. The van der Waals surface area contributed by atoms with Crippen LogP contribution >= 0.6 is 23.2 Å². The van der Waals surface area contributed by atoms with Gasteiger partial charge in [-0.05, 0) is 63.2 Å². The van der Waals surface area contributed by atoms with Crippen LogP contribution in [-0.4, -0.2) is 33.5 Å². The summed E-state index contributed by atoms with van der Waals surface area (Å²) in [5.41, 5.74) is -0.613. The second kappa shape index (κ2) is 6.14. The Bertz CT molecular complexity index is 424. The highest BCUT2D eigenvalue weighted by molar-refractivity contribution is 6.53. The predicted molar refractivity (Wildman–Crippen MR) is 89.0 cm³/mol. The van der Waals surface area contributed by atoms with Crippen LogP contribution < -0.4 is 0 Å². The Morgan fingerprint density at radius 2 is 1.55 bits per heavy atom. The van der Waals surface area contributed by atoms with E-state index in [1.807, 2.05) is 4.90 Å². The van der Waals surface area contributed by atoms with Crippen molar-refractivity contribution in [3.8, 4) is 0 Å². The molecule has 0 N–H and O–H groups in total. The quantitative estimate of drug-likeness (QED) is 0.653. The minimum atomic E-state index is -0.988. The van der Waals surface area contributed by atoms with Gasteiger partial charge in [-0.1, -0.05) is 37.0 Å². The Kier molecular flexibility index (Phi) is 4.70. The molecular formula is C17H27Cl2NO2. The smallest absolute Gasteiger partial charge is 0.258 e. The van der Waals surface area contributed by atoms with Gasteiger partial charge in [0.05, 0.1) is 12.1 Å². The fraction of sp³-hybridized carbons (Fsp3) is 0.941. The summed E-state index contributed by atoms with van der Waals surface area (Å²) in [6.07, 6.45) is 8.49. The number of alkyl halides is 2. The molecule has 1 heterocycles.